The van der Waals surface area contributed by atoms with Crippen molar-refractivity contribution in [1.29, 1.82) is 0 Å². The normalized spacial score (nSPS) is 12.9. The molecule has 0 spiro atoms. The number of ether oxygens (including phenoxy) is 1. The molecule has 0 fully saturated rings. The van der Waals surface area contributed by atoms with Crippen LogP contribution in [-0.2, 0) is 35.3 Å². The quantitative estimate of drug-likeness (QED) is 0.668. The maximum absolute atomic E-state index is 11.5. The zero-order chi connectivity index (χ0) is 20.4. The van der Waals surface area contributed by atoms with Gasteiger partial charge in [0.2, 0.25) is 5.91 Å². The Bertz CT molecular complexity index is 1020. The van der Waals surface area contributed by atoms with Crippen LogP contribution in [-0.4, -0.2) is 39.4 Å². The number of aromatic nitrogens is 4. The molecule has 1 aliphatic rings. The lowest BCUT2D eigenvalue weighted by Gasteiger charge is -2.06. The minimum Gasteiger partial charge on any atom is -0.383 e. The lowest BCUT2D eigenvalue weighted by molar-refractivity contribution is -0.114. The van der Waals surface area contributed by atoms with Crippen molar-refractivity contribution in [3.05, 3.63) is 35.3 Å². The van der Waals surface area contributed by atoms with Gasteiger partial charge in [-0.25, -0.2) is 4.98 Å². The fourth-order valence-electron chi connectivity index (χ4n) is 3.68. The van der Waals surface area contributed by atoms with E-state index < -0.39 is 0 Å². The van der Waals surface area contributed by atoms with Crippen LogP contribution < -0.4 is 5.32 Å². The van der Waals surface area contributed by atoms with Crippen LogP contribution in [0.5, 0.6) is 0 Å². The SMILES string of the molecule is CCc1ccc(-c2nn(CCOC)c3c2CCCc2nc(NC(C)=O)sc2-3)cn1. The molecule has 7 nitrogen and oxygen atoms in total. The molecule has 0 unspecified atom stereocenters. The first kappa shape index (κ1) is 19.7. The number of nitrogens with zero attached hydrogens (tertiary/aromatic N) is 4. The van der Waals surface area contributed by atoms with Gasteiger partial charge >= 0.3 is 0 Å². The molecule has 3 aromatic heterocycles. The van der Waals surface area contributed by atoms with Crippen LogP contribution in [0, 0.1) is 0 Å². The fraction of sp³-hybridized carbons (Fsp3) is 0.429. The maximum atomic E-state index is 11.5. The maximum Gasteiger partial charge on any atom is 0.223 e. The number of hydrogen-bond donors (Lipinski definition) is 1. The molecular weight excluding hydrogens is 386 g/mol. The highest BCUT2D eigenvalue weighted by molar-refractivity contribution is 7.19. The molecule has 3 aromatic rings. The van der Waals surface area contributed by atoms with Crippen LogP contribution in [0.15, 0.2) is 18.3 Å². The van der Waals surface area contributed by atoms with Crippen LogP contribution in [0.3, 0.4) is 0 Å². The molecule has 29 heavy (non-hydrogen) atoms. The molecule has 0 aliphatic heterocycles. The molecule has 0 bridgehead atoms. The topological polar surface area (TPSA) is 81.9 Å². The van der Waals surface area contributed by atoms with Crippen molar-refractivity contribution < 1.29 is 9.53 Å². The third kappa shape index (κ3) is 3.95. The second kappa shape index (κ2) is 8.42. The number of carbonyl (C=O) groups is 1. The summed E-state index contributed by atoms with van der Waals surface area (Å²) in [7, 11) is 1.70. The van der Waals surface area contributed by atoms with Crippen LogP contribution in [0.25, 0.3) is 21.8 Å². The smallest absolute Gasteiger partial charge is 0.223 e. The first-order valence-electron chi connectivity index (χ1n) is 9.92. The average molecular weight is 412 g/mol. The third-order valence-electron chi connectivity index (χ3n) is 5.05. The zero-order valence-corrected chi connectivity index (χ0v) is 17.8. The first-order valence-corrected chi connectivity index (χ1v) is 10.7. The van der Waals surface area contributed by atoms with Gasteiger partial charge in [0.05, 0.1) is 35.1 Å². The Morgan fingerprint density at radius 3 is 2.90 bits per heavy atom. The Kier molecular flexibility index (Phi) is 5.73. The van der Waals surface area contributed by atoms with Gasteiger partial charge in [-0.3, -0.25) is 14.5 Å². The Hall–Kier alpha value is -2.58. The number of hydrogen-bond acceptors (Lipinski definition) is 6. The van der Waals surface area contributed by atoms with Gasteiger partial charge in [0.1, 0.15) is 0 Å². The molecule has 0 saturated heterocycles. The van der Waals surface area contributed by atoms with Gasteiger partial charge in [-0.2, -0.15) is 5.10 Å². The fourth-order valence-corrected chi connectivity index (χ4v) is 4.81. The highest BCUT2D eigenvalue weighted by atomic mass is 32.1. The number of thiazole rings is 1. The molecule has 4 rings (SSSR count). The van der Waals surface area contributed by atoms with E-state index in [0.717, 1.165) is 58.9 Å². The summed E-state index contributed by atoms with van der Waals surface area (Å²) in [6.07, 6.45) is 5.65. The second-order valence-corrected chi connectivity index (χ2v) is 8.11. The molecule has 0 atom stereocenters. The Morgan fingerprint density at radius 1 is 1.34 bits per heavy atom. The van der Waals surface area contributed by atoms with Gasteiger partial charge in [0.25, 0.3) is 0 Å². The molecule has 1 N–H and O–H groups in total. The number of amides is 1. The van der Waals surface area contributed by atoms with Crippen molar-refractivity contribution >= 4 is 22.4 Å². The van der Waals surface area contributed by atoms with E-state index in [-0.39, 0.29) is 5.91 Å². The van der Waals surface area contributed by atoms with Crippen LogP contribution in [0.1, 0.15) is 37.2 Å². The van der Waals surface area contributed by atoms with E-state index in [9.17, 15) is 4.79 Å². The van der Waals surface area contributed by atoms with Gasteiger partial charge in [-0.1, -0.05) is 18.3 Å². The summed E-state index contributed by atoms with van der Waals surface area (Å²) >= 11 is 1.52. The van der Waals surface area contributed by atoms with Crippen molar-refractivity contribution in [2.75, 3.05) is 19.0 Å². The third-order valence-corrected chi connectivity index (χ3v) is 6.07. The number of aryl methyl sites for hydroxylation is 2. The summed E-state index contributed by atoms with van der Waals surface area (Å²) < 4.78 is 7.35. The first-order chi connectivity index (χ1) is 14.1. The lowest BCUT2D eigenvalue weighted by Crippen LogP contribution is -2.07. The van der Waals surface area contributed by atoms with Crippen molar-refractivity contribution in [3.63, 3.8) is 0 Å². The number of rotatable bonds is 6. The molecule has 0 aromatic carbocycles. The van der Waals surface area contributed by atoms with Crippen molar-refractivity contribution in [2.45, 2.75) is 46.1 Å². The molecule has 152 valence electrons. The van der Waals surface area contributed by atoms with E-state index in [1.165, 1.54) is 23.8 Å². The number of nitrogens with one attached hydrogen (secondary N) is 1. The van der Waals surface area contributed by atoms with Gasteiger partial charge in [-0.15, -0.1) is 0 Å². The van der Waals surface area contributed by atoms with Gasteiger partial charge in [-0.05, 0) is 37.8 Å². The minimum absolute atomic E-state index is 0.107. The molecule has 0 saturated carbocycles. The summed E-state index contributed by atoms with van der Waals surface area (Å²) in [5, 5.41) is 8.43. The number of anilines is 1. The zero-order valence-electron chi connectivity index (χ0n) is 17.0. The number of pyridine rings is 1. The van der Waals surface area contributed by atoms with Crippen LogP contribution >= 0.6 is 11.3 Å². The highest BCUT2D eigenvalue weighted by Gasteiger charge is 2.27. The van der Waals surface area contributed by atoms with Crippen molar-refractivity contribution in [2.24, 2.45) is 0 Å². The molecule has 1 amide bonds. The van der Waals surface area contributed by atoms with E-state index in [1.807, 2.05) is 10.9 Å². The Labute approximate surface area is 174 Å². The molecule has 8 heteroatoms. The Morgan fingerprint density at radius 2 is 2.21 bits per heavy atom. The number of carbonyl (C=O) groups excluding carboxylic acids is 1. The van der Waals surface area contributed by atoms with E-state index in [0.29, 0.717) is 18.3 Å². The summed E-state index contributed by atoms with van der Waals surface area (Å²) in [4.78, 5) is 21.8. The van der Waals surface area contributed by atoms with Gasteiger partial charge < -0.3 is 10.1 Å². The monoisotopic (exact) mass is 411 g/mol. The highest BCUT2D eigenvalue weighted by Crippen LogP contribution is 2.42. The largest absolute Gasteiger partial charge is 0.383 e. The van der Waals surface area contributed by atoms with Gasteiger partial charge in [0.15, 0.2) is 5.13 Å². The van der Waals surface area contributed by atoms with E-state index >= 15 is 0 Å². The predicted octanol–water partition coefficient (Wildman–Crippen LogP) is 3.72. The standard InChI is InChI=1S/C21H25N5O2S/c1-4-15-9-8-14(12-22-15)18-16-6-5-7-17-20(29-21(24-17)23-13(2)27)19(16)26(25-18)10-11-28-3/h8-9,12H,4-7,10-11H2,1-3H3,(H,23,24,27). The van der Waals surface area contributed by atoms with Gasteiger partial charge in [0, 0.05) is 37.1 Å². The summed E-state index contributed by atoms with van der Waals surface area (Å²) in [6.45, 7) is 4.84. The average Bonchev–Trinajstić information content (AvgIpc) is 3.22. The summed E-state index contributed by atoms with van der Waals surface area (Å²) in [6, 6.07) is 4.18. The summed E-state index contributed by atoms with van der Waals surface area (Å²) in [5.74, 6) is -0.107. The lowest BCUT2D eigenvalue weighted by atomic mass is 10.0. The summed E-state index contributed by atoms with van der Waals surface area (Å²) in [5.41, 5.74) is 6.44. The van der Waals surface area contributed by atoms with E-state index in [2.05, 4.69) is 34.3 Å². The minimum atomic E-state index is -0.107. The predicted molar refractivity (Wildman–Crippen MR) is 114 cm³/mol. The molecule has 1 aliphatic carbocycles. The Balaban J connectivity index is 1.85. The number of methoxy groups -OCH3 is 1. The number of fused-ring (bicyclic) bond motifs is 3. The van der Waals surface area contributed by atoms with Crippen LogP contribution in [0.2, 0.25) is 0 Å². The molecule has 3 heterocycles. The molecular formula is C21H25N5O2S. The van der Waals surface area contributed by atoms with E-state index in [4.69, 9.17) is 9.84 Å². The van der Waals surface area contributed by atoms with Crippen molar-refractivity contribution in [1.82, 2.24) is 19.7 Å². The van der Waals surface area contributed by atoms with E-state index in [1.54, 1.807) is 7.11 Å². The van der Waals surface area contributed by atoms with Crippen LogP contribution in [0.4, 0.5) is 5.13 Å². The molecule has 0 radical (unpaired) electrons. The van der Waals surface area contributed by atoms with Crippen molar-refractivity contribution in [3.8, 4) is 21.8 Å². The second-order valence-electron chi connectivity index (χ2n) is 7.11.